The molecule has 0 aliphatic rings. The molecule has 0 bridgehead atoms. The molecule has 0 saturated heterocycles. The van der Waals surface area contributed by atoms with Gasteiger partial charge in [-0.05, 0) is 12.1 Å². The average molecular weight is 238 g/mol. The van der Waals surface area contributed by atoms with Crippen LogP contribution in [0, 0.1) is 0 Å². The number of carbonyl (C=O) groups is 2. The normalized spacial score (nSPS) is 11.8. The molecule has 1 rings (SSSR count). The molecule has 1 aromatic rings. The molecule has 0 saturated carbocycles. The number of methoxy groups -OCH3 is 1. The molecule has 6 heteroatoms. The molecule has 0 aliphatic heterocycles. The first-order chi connectivity index (χ1) is 8.06. The molecule has 1 aromatic carbocycles. The number of nitrogen functional groups attached to an aromatic ring is 1. The Bertz CT molecular complexity index is 420. The van der Waals surface area contributed by atoms with Gasteiger partial charge < -0.3 is 20.9 Å². The van der Waals surface area contributed by atoms with Crippen LogP contribution >= 0.6 is 0 Å². The zero-order valence-corrected chi connectivity index (χ0v) is 9.34. The largest absolute Gasteiger partial charge is 0.479 e. The van der Waals surface area contributed by atoms with Crippen molar-refractivity contribution in [1.82, 2.24) is 5.32 Å². The third-order valence-corrected chi connectivity index (χ3v) is 2.21. The average Bonchev–Trinajstić information content (AvgIpc) is 2.29. The molecule has 0 radical (unpaired) electrons. The number of rotatable bonds is 5. The van der Waals surface area contributed by atoms with Crippen LogP contribution in [0.15, 0.2) is 24.3 Å². The van der Waals surface area contributed by atoms with Crippen LogP contribution in [-0.4, -0.2) is 36.7 Å². The number of carboxylic acids is 1. The van der Waals surface area contributed by atoms with E-state index >= 15 is 0 Å². The predicted octanol–water partition coefficient (Wildman–Crippen LogP) is 0.0982. The highest BCUT2D eigenvalue weighted by Gasteiger charge is 2.18. The van der Waals surface area contributed by atoms with Crippen LogP contribution in [0.1, 0.15) is 10.4 Å². The molecule has 17 heavy (non-hydrogen) atoms. The van der Waals surface area contributed by atoms with E-state index in [1.165, 1.54) is 7.11 Å². The quantitative estimate of drug-likeness (QED) is 0.631. The molecule has 4 N–H and O–H groups in total. The molecule has 0 spiro atoms. The molecular weight excluding hydrogens is 224 g/mol. The molecule has 0 aromatic heterocycles. The number of para-hydroxylation sites is 1. The van der Waals surface area contributed by atoms with Crippen molar-refractivity contribution in [2.75, 3.05) is 19.4 Å². The second-order valence-electron chi connectivity index (χ2n) is 3.36. The number of benzene rings is 1. The highest BCUT2D eigenvalue weighted by molar-refractivity contribution is 5.99. The molecule has 1 atom stereocenters. The first-order valence-electron chi connectivity index (χ1n) is 4.94. The van der Waals surface area contributed by atoms with E-state index in [0.717, 1.165) is 0 Å². The fourth-order valence-corrected chi connectivity index (χ4v) is 1.26. The van der Waals surface area contributed by atoms with E-state index in [1.54, 1.807) is 24.3 Å². The van der Waals surface area contributed by atoms with Crippen molar-refractivity contribution >= 4 is 17.6 Å². The van der Waals surface area contributed by atoms with Crippen LogP contribution in [-0.2, 0) is 9.53 Å². The summed E-state index contributed by atoms with van der Waals surface area (Å²) in [6, 6.07) is 6.55. The number of aliphatic carboxylic acids is 1. The van der Waals surface area contributed by atoms with Crippen LogP contribution in [0.3, 0.4) is 0 Å². The standard InChI is InChI=1S/C11H14N2O4/c1-17-9(11(15)16)6-13-10(14)7-4-2-3-5-8(7)12/h2-5,9H,6,12H2,1H3,(H,13,14)(H,15,16). The van der Waals surface area contributed by atoms with Gasteiger partial charge in [0.25, 0.3) is 5.91 Å². The Hall–Kier alpha value is -2.08. The third-order valence-electron chi connectivity index (χ3n) is 2.21. The molecule has 92 valence electrons. The van der Waals surface area contributed by atoms with E-state index in [2.05, 4.69) is 10.1 Å². The van der Waals surface area contributed by atoms with Gasteiger partial charge in [0, 0.05) is 12.8 Å². The topological polar surface area (TPSA) is 102 Å². The number of nitrogens with one attached hydrogen (secondary N) is 1. The highest BCUT2D eigenvalue weighted by atomic mass is 16.5. The number of hydrogen-bond donors (Lipinski definition) is 3. The molecule has 1 amide bonds. The van der Waals surface area contributed by atoms with Gasteiger partial charge in [0.15, 0.2) is 6.10 Å². The Kier molecular flexibility index (Phi) is 4.47. The second-order valence-corrected chi connectivity index (χ2v) is 3.36. The summed E-state index contributed by atoms with van der Waals surface area (Å²) in [6.45, 7) is -0.112. The van der Waals surface area contributed by atoms with Crippen molar-refractivity contribution in [2.45, 2.75) is 6.10 Å². The molecule has 6 nitrogen and oxygen atoms in total. The fraction of sp³-hybridized carbons (Fsp3) is 0.273. The minimum absolute atomic E-state index is 0.112. The van der Waals surface area contributed by atoms with E-state index in [9.17, 15) is 9.59 Å². The summed E-state index contributed by atoms with van der Waals surface area (Å²) in [5.74, 6) is -1.56. The van der Waals surface area contributed by atoms with Crippen LogP contribution in [0.5, 0.6) is 0 Å². The number of hydrogen-bond acceptors (Lipinski definition) is 4. The van der Waals surface area contributed by atoms with Gasteiger partial charge in [0.1, 0.15) is 0 Å². The van der Waals surface area contributed by atoms with Gasteiger partial charge in [-0.1, -0.05) is 12.1 Å². The lowest BCUT2D eigenvalue weighted by Gasteiger charge is -2.12. The maximum Gasteiger partial charge on any atom is 0.334 e. The SMILES string of the molecule is COC(CNC(=O)c1ccccc1N)C(=O)O. The predicted molar refractivity (Wildman–Crippen MR) is 61.6 cm³/mol. The van der Waals surface area contributed by atoms with Crippen molar-refractivity contribution in [3.05, 3.63) is 29.8 Å². The minimum Gasteiger partial charge on any atom is -0.479 e. The second kappa shape index (κ2) is 5.86. The monoisotopic (exact) mass is 238 g/mol. The van der Waals surface area contributed by atoms with Crippen molar-refractivity contribution in [3.63, 3.8) is 0 Å². The van der Waals surface area contributed by atoms with Crippen molar-refractivity contribution in [2.24, 2.45) is 0 Å². The van der Waals surface area contributed by atoms with E-state index in [-0.39, 0.29) is 6.54 Å². The van der Waals surface area contributed by atoms with Crippen LogP contribution in [0.2, 0.25) is 0 Å². The first kappa shape index (κ1) is 13.0. The third kappa shape index (κ3) is 3.46. The Labute approximate surface area is 98.4 Å². The lowest BCUT2D eigenvalue weighted by molar-refractivity contribution is -0.147. The molecule has 0 fully saturated rings. The van der Waals surface area contributed by atoms with Gasteiger partial charge in [-0.2, -0.15) is 0 Å². The summed E-state index contributed by atoms with van der Waals surface area (Å²) in [7, 11) is 1.27. The van der Waals surface area contributed by atoms with E-state index in [4.69, 9.17) is 10.8 Å². The smallest absolute Gasteiger partial charge is 0.334 e. The lowest BCUT2D eigenvalue weighted by Crippen LogP contribution is -2.38. The maximum absolute atomic E-state index is 11.7. The van der Waals surface area contributed by atoms with Crippen LogP contribution < -0.4 is 11.1 Å². The molecule has 0 heterocycles. The summed E-state index contributed by atoms with van der Waals surface area (Å²) in [4.78, 5) is 22.3. The zero-order chi connectivity index (χ0) is 12.8. The van der Waals surface area contributed by atoms with E-state index < -0.39 is 18.0 Å². The zero-order valence-electron chi connectivity index (χ0n) is 9.34. The van der Waals surface area contributed by atoms with Crippen molar-refractivity contribution in [1.29, 1.82) is 0 Å². The summed E-state index contributed by atoms with van der Waals surface area (Å²) in [5, 5.41) is 11.2. The van der Waals surface area contributed by atoms with Crippen molar-refractivity contribution < 1.29 is 19.4 Å². The van der Waals surface area contributed by atoms with Crippen LogP contribution in [0.4, 0.5) is 5.69 Å². The number of carboxylic acid groups (broad SMARTS) is 1. The first-order valence-corrected chi connectivity index (χ1v) is 4.94. The van der Waals surface area contributed by atoms with E-state index in [1.807, 2.05) is 0 Å². The number of ether oxygens (including phenoxy) is 1. The Morgan fingerprint density at radius 1 is 1.47 bits per heavy atom. The van der Waals surface area contributed by atoms with Gasteiger partial charge in [-0.15, -0.1) is 0 Å². The molecule has 0 aliphatic carbocycles. The van der Waals surface area contributed by atoms with Gasteiger partial charge in [-0.25, -0.2) is 4.79 Å². The number of amides is 1. The lowest BCUT2D eigenvalue weighted by atomic mass is 10.1. The number of nitrogens with two attached hydrogens (primary N) is 1. The maximum atomic E-state index is 11.7. The minimum atomic E-state index is -1.13. The number of carbonyl (C=O) groups excluding carboxylic acids is 1. The fourth-order valence-electron chi connectivity index (χ4n) is 1.26. The highest BCUT2D eigenvalue weighted by Crippen LogP contribution is 2.09. The summed E-state index contributed by atoms with van der Waals surface area (Å²) >= 11 is 0. The van der Waals surface area contributed by atoms with Crippen molar-refractivity contribution in [3.8, 4) is 0 Å². The Balaban J connectivity index is 2.62. The Morgan fingerprint density at radius 3 is 2.65 bits per heavy atom. The van der Waals surface area contributed by atoms with Gasteiger partial charge in [0.05, 0.1) is 12.1 Å². The summed E-state index contributed by atoms with van der Waals surface area (Å²) in [6.07, 6.45) is -1.07. The Morgan fingerprint density at radius 2 is 2.12 bits per heavy atom. The van der Waals surface area contributed by atoms with Gasteiger partial charge in [-0.3, -0.25) is 4.79 Å². The summed E-state index contributed by atoms with van der Waals surface area (Å²) < 4.78 is 4.68. The molecular formula is C11H14N2O4. The molecule has 1 unspecified atom stereocenters. The van der Waals surface area contributed by atoms with Gasteiger partial charge in [0.2, 0.25) is 0 Å². The van der Waals surface area contributed by atoms with E-state index in [0.29, 0.717) is 11.3 Å². The summed E-state index contributed by atoms with van der Waals surface area (Å²) in [5.41, 5.74) is 6.27. The number of anilines is 1. The van der Waals surface area contributed by atoms with Crippen LogP contribution in [0.25, 0.3) is 0 Å². The van der Waals surface area contributed by atoms with Gasteiger partial charge >= 0.3 is 5.97 Å².